The molecule has 3 aromatic carbocycles. The number of carbonyl (C=O) groups excluding carboxylic acids is 1. The SMILES string of the molecule is O=C(NCCCc1nc2ccccc2n1Cc1ccc(Cl)c(Cl)c1)c1ccc(F)cc1. The van der Waals surface area contributed by atoms with Crippen molar-refractivity contribution in [2.45, 2.75) is 19.4 Å². The zero-order chi connectivity index (χ0) is 21.8. The van der Waals surface area contributed by atoms with Gasteiger partial charge in [-0.2, -0.15) is 0 Å². The van der Waals surface area contributed by atoms with E-state index in [-0.39, 0.29) is 11.7 Å². The average Bonchev–Trinajstić information content (AvgIpc) is 3.11. The van der Waals surface area contributed by atoms with Crippen LogP contribution in [0.25, 0.3) is 11.0 Å². The Morgan fingerprint density at radius 3 is 2.55 bits per heavy atom. The lowest BCUT2D eigenvalue weighted by atomic mass is 10.2. The Labute approximate surface area is 189 Å². The Balaban J connectivity index is 1.45. The lowest BCUT2D eigenvalue weighted by Gasteiger charge is -2.11. The predicted octanol–water partition coefficient (Wildman–Crippen LogP) is 5.89. The number of aryl methyl sites for hydroxylation is 1. The number of halogens is 3. The van der Waals surface area contributed by atoms with E-state index in [0.717, 1.165) is 28.8 Å². The summed E-state index contributed by atoms with van der Waals surface area (Å²) in [5.41, 5.74) is 3.43. The number of nitrogens with one attached hydrogen (secondary N) is 1. The van der Waals surface area contributed by atoms with Crippen LogP contribution in [0.15, 0.2) is 66.7 Å². The molecule has 0 unspecified atom stereocenters. The monoisotopic (exact) mass is 455 g/mol. The number of carbonyl (C=O) groups is 1. The summed E-state index contributed by atoms with van der Waals surface area (Å²) in [4.78, 5) is 17.0. The number of rotatable bonds is 7. The highest BCUT2D eigenvalue weighted by molar-refractivity contribution is 6.42. The second-order valence-electron chi connectivity index (χ2n) is 7.22. The van der Waals surface area contributed by atoms with Gasteiger partial charge in [0, 0.05) is 25.1 Å². The van der Waals surface area contributed by atoms with Crippen molar-refractivity contribution in [1.82, 2.24) is 14.9 Å². The van der Waals surface area contributed by atoms with E-state index < -0.39 is 0 Å². The zero-order valence-corrected chi connectivity index (χ0v) is 18.1. The van der Waals surface area contributed by atoms with E-state index in [9.17, 15) is 9.18 Å². The van der Waals surface area contributed by atoms with E-state index in [1.54, 1.807) is 6.07 Å². The van der Waals surface area contributed by atoms with Gasteiger partial charge in [-0.05, 0) is 60.5 Å². The van der Waals surface area contributed by atoms with Gasteiger partial charge in [0.15, 0.2) is 0 Å². The van der Waals surface area contributed by atoms with Crippen molar-refractivity contribution in [3.8, 4) is 0 Å². The van der Waals surface area contributed by atoms with Gasteiger partial charge in [0.2, 0.25) is 0 Å². The molecule has 1 heterocycles. The van der Waals surface area contributed by atoms with Crippen LogP contribution in [0.1, 0.15) is 28.2 Å². The normalized spacial score (nSPS) is 11.1. The van der Waals surface area contributed by atoms with Gasteiger partial charge < -0.3 is 9.88 Å². The summed E-state index contributed by atoms with van der Waals surface area (Å²) in [5.74, 6) is 0.352. The lowest BCUT2D eigenvalue weighted by molar-refractivity contribution is 0.0953. The van der Waals surface area contributed by atoms with Gasteiger partial charge in [-0.3, -0.25) is 4.79 Å². The number of imidazole rings is 1. The summed E-state index contributed by atoms with van der Waals surface area (Å²) >= 11 is 12.2. The Morgan fingerprint density at radius 2 is 1.77 bits per heavy atom. The number of para-hydroxylation sites is 2. The second-order valence-corrected chi connectivity index (χ2v) is 8.03. The summed E-state index contributed by atoms with van der Waals surface area (Å²) in [6.07, 6.45) is 1.41. The van der Waals surface area contributed by atoms with Gasteiger partial charge in [-0.25, -0.2) is 9.37 Å². The maximum Gasteiger partial charge on any atom is 0.251 e. The highest BCUT2D eigenvalue weighted by atomic mass is 35.5. The molecule has 0 aliphatic heterocycles. The minimum Gasteiger partial charge on any atom is -0.352 e. The molecule has 1 amide bonds. The predicted molar refractivity (Wildman–Crippen MR) is 122 cm³/mol. The Morgan fingerprint density at radius 1 is 1.00 bits per heavy atom. The van der Waals surface area contributed by atoms with Crippen LogP contribution in [0.2, 0.25) is 10.0 Å². The summed E-state index contributed by atoms with van der Waals surface area (Å²) in [6, 6.07) is 19.1. The van der Waals surface area contributed by atoms with E-state index in [4.69, 9.17) is 28.2 Å². The Kier molecular flexibility index (Phi) is 6.54. The number of nitrogens with zero attached hydrogens (tertiary/aromatic N) is 2. The standard InChI is InChI=1S/C24H20Cl2FN3O/c25-19-12-7-16(14-20(19)26)15-30-22-5-2-1-4-21(22)29-23(30)6-3-13-28-24(31)17-8-10-18(27)11-9-17/h1-2,4-5,7-12,14H,3,6,13,15H2,(H,28,31). The van der Waals surface area contributed by atoms with Crippen molar-refractivity contribution < 1.29 is 9.18 Å². The number of amides is 1. The molecule has 0 radical (unpaired) electrons. The second kappa shape index (κ2) is 9.50. The number of hydrogen-bond acceptors (Lipinski definition) is 2. The Bertz CT molecular complexity index is 1220. The largest absolute Gasteiger partial charge is 0.352 e. The fourth-order valence-electron chi connectivity index (χ4n) is 3.46. The van der Waals surface area contributed by atoms with Crippen molar-refractivity contribution in [1.29, 1.82) is 0 Å². The van der Waals surface area contributed by atoms with Crippen molar-refractivity contribution in [3.05, 3.63) is 99.5 Å². The highest BCUT2D eigenvalue weighted by Gasteiger charge is 2.12. The third-order valence-corrected chi connectivity index (χ3v) is 5.77. The third kappa shape index (κ3) is 5.06. The first-order valence-corrected chi connectivity index (χ1v) is 10.7. The maximum absolute atomic E-state index is 13.0. The highest BCUT2D eigenvalue weighted by Crippen LogP contribution is 2.25. The van der Waals surface area contributed by atoms with Crippen LogP contribution >= 0.6 is 23.2 Å². The molecule has 1 N–H and O–H groups in total. The van der Waals surface area contributed by atoms with Crippen LogP contribution in [0.5, 0.6) is 0 Å². The maximum atomic E-state index is 13.0. The molecule has 7 heteroatoms. The summed E-state index contributed by atoms with van der Waals surface area (Å²) in [7, 11) is 0. The van der Waals surface area contributed by atoms with Crippen LogP contribution in [0.4, 0.5) is 4.39 Å². The van der Waals surface area contributed by atoms with Crippen LogP contribution in [0.3, 0.4) is 0 Å². The molecule has 4 rings (SSSR count). The molecule has 0 fully saturated rings. The molecule has 4 nitrogen and oxygen atoms in total. The molecule has 0 saturated carbocycles. The van der Waals surface area contributed by atoms with Crippen molar-refractivity contribution >= 4 is 40.1 Å². The molecular formula is C24H20Cl2FN3O. The molecule has 0 aliphatic rings. The zero-order valence-electron chi connectivity index (χ0n) is 16.6. The molecule has 4 aromatic rings. The summed E-state index contributed by atoms with van der Waals surface area (Å²) in [5, 5.41) is 3.92. The summed E-state index contributed by atoms with van der Waals surface area (Å²) in [6.45, 7) is 1.11. The van der Waals surface area contributed by atoms with E-state index >= 15 is 0 Å². The Hall–Kier alpha value is -2.89. The van der Waals surface area contributed by atoms with E-state index in [0.29, 0.717) is 35.1 Å². The van der Waals surface area contributed by atoms with E-state index in [1.807, 2.05) is 36.4 Å². The topological polar surface area (TPSA) is 46.9 Å². The molecule has 1 aromatic heterocycles. The fourth-order valence-corrected chi connectivity index (χ4v) is 3.79. The van der Waals surface area contributed by atoms with Gasteiger partial charge in [-0.1, -0.05) is 41.4 Å². The molecule has 0 spiro atoms. The molecular weight excluding hydrogens is 436 g/mol. The smallest absolute Gasteiger partial charge is 0.251 e. The molecule has 0 aliphatic carbocycles. The molecule has 0 saturated heterocycles. The van der Waals surface area contributed by atoms with Gasteiger partial charge in [0.05, 0.1) is 21.1 Å². The van der Waals surface area contributed by atoms with Crippen LogP contribution in [-0.4, -0.2) is 22.0 Å². The average molecular weight is 456 g/mol. The minimum atomic E-state index is -0.363. The van der Waals surface area contributed by atoms with Gasteiger partial charge in [0.1, 0.15) is 11.6 Å². The van der Waals surface area contributed by atoms with Crippen LogP contribution in [-0.2, 0) is 13.0 Å². The van der Waals surface area contributed by atoms with E-state index in [2.05, 4.69) is 9.88 Å². The first-order chi connectivity index (χ1) is 15.0. The van der Waals surface area contributed by atoms with Crippen molar-refractivity contribution in [2.75, 3.05) is 6.54 Å². The molecule has 0 atom stereocenters. The summed E-state index contributed by atoms with van der Waals surface area (Å²) < 4.78 is 15.2. The first kappa shape index (κ1) is 21.3. The van der Waals surface area contributed by atoms with Gasteiger partial charge in [0.25, 0.3) is 5.91 Å². The molecule has 31 heavy (non-hydrogen) atoms. The van der Waals surface area contributed by atoms with Gasteiger partial charge in [-0.15, -0.1) is 0 Å². The van der Waals surface area contributed by atoms with Crippen molar-refractivity contribution in [2.24, 2.45) is 0 Å². The first-order valence-electron chi connectivity index (χ1n) is 9.93. The van der Waals surface area contributed by atoms with E-state index in [1.165, 1.54) is 24.3 Å². The minimum absolute atomic E-state index is 0.218. The quantitative estimate of drug-likeness (QED) is 0.353. The van der Waals surface area contributed by atoms with Crippen molar-refractivity contribution in [3.63, 3.8) is 0 Å². The number of benzene rings is 3. The fraction of sp³-hybridized carbons (Fsp3) is 0.167. The number of fused-ring (bicyclic) bond motifs is 1. The lowest BCUT2D eigenvalue weighted by Crippen LogP contribution is -2.25. The van der Waals surface area contributed by atoms with Gasteiger partial charge >= 0.3 is 0 Å². The molecule has 0 bridgehead atoms. The third-order valence-electron chi connectivity index (χ3n) is 5.03. The number of hydrogen-bond donors (Lipinski definition) is 1. The van der Waals surface area contributed by atoms with Crippen LogP contribution in [0, 0.1) is 5.82 Å². The molecule has 158 valence electrons. The number of aromatic nitrogens is 2. The van der Waals surface area contributed by atoms with Crippen LogP contribution < -0.4 is 5.32 Å².